The van der Waals surface area contributed by atoms with Gasteiger partial charge in [0.15, 0.2) is 11.9 Å². The second-order valence-electron chi connectivity index (χ2n) is 3.16. The number of allylic oxidation sites excluding steroid dienone is 1. The molecule has 0 aromatic heterocycles. The highest BCUT2D eigenvalue weighted by Gasteiger charge is 2.30. The van der Waals surface area contributed by atoms with Crippen LogP contribution in [-0.4, -0.2) is 39.0 Å². The normalized spacial score (nSPS) is 20.8. The molecule has 0 spiro atoms. The topological polar surface area (TPSA) is 71.1 Å². The fourth-order valence-electron chi connectivity index (χ4n) is 1.15. The van der Waals surface area contributed by atoms with Crippen molar-refractivity contribution in [2.75, 3.05) is 27.1 Å². The summed E-state index contributed by atoms with van der Waals surface area (Å²) in [7, 11) is 4.06. The monoisotopic (exact) mass is 282 g/mol. The first kappa shape index (κ1) is 14.6. The van der Waals surface area contributed by atoms with Crippen LogP contribution < -0.4 is 0 Å². The first-order valence-electron chi connectivity index (χ1n) is 4.82. The van der Waals surface area contributed by atoms with Gasteiger partial charge in [-0.05, 0) is 11.4 Å². The second kappa shape index (κ2) is 6.44. The molecule has 0 saturated carbocycles. The van der Waals surface area contributed by atoms with E-state index in [1.165, 1.54) is 27.6 Å². The standard InChI is InChI=1S/C9H15O6PS/c1-12-7-4-8(10)9(15-5-7)6-17-16(11,13-2)14-3/h5,9H,4,6H2,1-3H3. The highest BCUT2D eigenvalue weighted by atomic mass is 32.7. The Kier molecular flexibility index (Phi) is 5.52. The van der Waals surface area contributed by atoms with Crippen molar-refractivity contribution < 1.29 is 27.9 Å². The van der Waals surface area contributed by atoms with Gasteiger partial charge in [-0.3, -0.25) is 4.79 Å². The van der Waals surface area contributed by atoms with Gasteiger partial charge in [0.2, 0.25) is 0 Å². The first-order valence-corrected chi connectivity index (χ1v) is 7.95. The third-order valence-electron chi connectivity index (χ3n) is 2.16. The average Bonchev–Trinajstić information content (AvgIpc) is 2.36. The van der Waals surface area contributed by atoms with E-state index < -0.39 is 12.9 Å². The number of hydrogen-bond acceptors (Lipinski definition) is 7. The lowest BCUT2D eigenvalue weighted by atomic mass is 10.1. The van der Waals surface area contributed by atoms with Crippen LogP contribution in [0.3, 0.4) is 0 Å². The molecule has 98 valence electrons. The van der Waals surface area contributed by atoms with Gasteiger partial charge in [0.1, 0.15) is 12.0 Å². The van der Waals surface area contributed by atoms with Crippen molar-refractivity contribution in [3.63, 3.8) is 0 Å². The second-order valence-corrected chi connectivity index (χ2v) is 7.50. The van der Waals surface area contributed by atoms with Crippen molar-refractivity contribution >= 4 is 24.0 Å². The maximum Gasteiger partial charge on any atom is 0.388 e. The Labute approximate surface area is 104 Å². The lowest BCUT2D eigenvalue weighted by Gasteiger charge is -2.22. The van der Waals surface area contributed by atoms with Gasteiger partial charge in [-0.25, -0.2) is 4.57 Å². The first-order chi connectivity index (χ1) is 8.04. The molecule has 0 aliphatic carbocycles. The van der Waals surface area contributed by atoms with Crippen molar-refractivity contribution in [1.82, 2.24) is 0 Å². The van der Waals surface area contributed by atoms with E-state index in [2.05, 4.69) is 0 Å². The maximum absolute atomic E-state index is 11.7. The average molecular weight is 282 g/mol. The quantitative estimate of drug-likeness (QED) is 0.689. The number of carbonyl (C=O) groups excluding carboxylic acids is 1. The van der Waals surface area contributed by atoms with E-state index in [-0.39, 0.29) is 18.0 Å². The van der Waals surface area contributed by atoms with Gasteiger partial charge in [0.25, 0.3) is 0 Å². The van der Waals surface area contributed by atoms with Gasteiger partial charge in [-0.15, -0.1) is 0 Å². The summed E-state index contributed by atoms with van der Waals surface area (Å²) in [5.74, 6) is 0.583. The molecule has 0 N–H and O–H groups in total. The van der Waals surface area contributed by atoms with E-state index >= 15 is 0 Å². The van der Waals surface area contributed by atoms with Crippen LogP contribution in [-0.2, 0) is 27.9 Å². The van der Waals surface area contributed by atoms with Gasteiger partial charge in [0.05, 0.1) is 13.5 Å². The Bertz CT molecular complexity index is 347. The molecule has 0 radical (unpaired) electrons. The summed E-state index contributed by atoms with van der Waals surface area (Å²) in [5.41, 5.74) is 0. The van der Waals surface area contributed by atoms with Crippen LogP contribution in [0, 0.1) is 0 Å². The molecule has 0 aromatic carbocycles. The van der Waals surface area contributed by atoms with Crippen molar-refractivity contribution in [2.24, 2.45) is 0 Å². The lowest BCUT2D eigenvalue weighted by molar-refractivity contribution is -0.128. The molecule has 0 aromatic rings. The fourth-order valence-corrected chi connectivity index (χ4v) is 3.68. The minimum atomic E-state index is -3.16. The number of Topliss-reactive ketones (excluding diaryl/α,β-unsaturated/α-hetero) is 1. The van der Waals surface area contributed by atoms with Crippen LogP contribution in [0.5, 0.6) is 0 Å². The third kappa shape index (κ3) is 4.03. The van der Waals surface area contributed by atoms with E-state index in [0.717, 1.165) is 11.4 Å². The SMILES string of the molecule is COC1=COC(CSP(=O)(OC)OC)C(=O)C1. The van der Waals surface area contributed by atoms with Crippen LogP contribution >= 0.6 is 18.2 Å². The molecule has 0 fully saturated rings. The molecule has 0 amide bonds. The number of ketones is 1. The Balaban J connectivity index is 2.51. The van der Waals surface area contributed by atoms with E-state index in [1.54, 1.807) is 0 Å². The molecule has 1 aliphatic heterocycles. The summed E-state index contributed by atoms with van der Waals surface area (Å²) in [5, 5.41) is 0. The smallest absolute Gasteiger partial charge is 0.388 e. The zero-order valence-corrected chi connectivity index (χ0v) is 11.6. The zero-order valence-electron chi connectivity index (χ0n) is 9.87. The van der Waals surface area contributed by atoms with Gasteiger partial charge in [-0.2, -0.15) is 0 Å². The highest BCUT2D eigenvalue weighted by Crippen LogP contribution is 2.59. The predicted octanol–water partition coefficient (Wildman–Crippen LogP) is 1.97. The molecule has 1 atom stereocenters. The summed E-state index contributed by atoms with van der Waals surface area (Å²) in [6.07, 6.45) is 0.945. The van der Waals surface area contributed by atoms with E-state index in [1.807, 2.05) is 0 Å². The molecule has 0 bridgehead atoms. The van der Waals surface area contributed by atoms with E-state index in [4.69, 9.17) is 18.5 Å². The number of rotatable bonds is 6. The largest absolute Gasteiger partial charge is 0.497 e. The molecule has 1 aliphatic rings. The summed E-state index contributed by atoms with van der Waals surface area (Å²) in [6, 6.07) is 0. The minimum absolute atomic E-state index is 0.115. The molecular weight excluding hydrogens is 267 g/mol. The molecule has 8 heteroatoms. The van der Waals surface area contributed by atoms with Crippen molar-refractivity contribution in [3.05, 3.63) is 12.0 Å². The Morgan fingerprint density at radius 3 is 2.59 bits per heavy atom. The molecule has 0 saturated heterocycles. The van der Waals surface area contributed by atoms with Crippen LogP contribution in [0.2, 0.25) is 0 Å². The highest BCUT2D eigenvalue weighted by molar-refractivity contribution is 8.55. The molecule has 17 heavy (non-hydrogen) atoms. The molecule has 1 unspecified atom stereocenters. The Morgan fingerprint density at radius 1 is 1.47 bits per heavy atom. The number of hydrogen-bond donors (Lipinski definition) is 0. The van der Waals surface area contributed by atoms with Gasteiger partial charge in [0, 0.05) is 20.0 Å². The minimum Gasteiger partial charge on any atom is -0.497 e. The van der Waals surface area contributed by atoms with Crippen molar-refractivity contribution in [3.8, 4) is 0 Å². The predicted molar refractivity (Wildman–Crippen MR) is 63.7 cm³/mol. The van der Waals surface area contributed by atoms with Crippen molar-refractivity contribution in [2.45, 2.75) is 12.5 Å². The van der Waals surface area contributed by atoms with Gasteiger partial charge < -0.3 is 18.5 Å². The number of carbonyl (C=O) groups is 1. The number of methoxy groups -OCH3 is 1. The summed E-state index contributed by atoms with van der Waals surface area (Å²) < 4.78 is 31.3. The summed E-state index contributed by atoms with van der Waals surface area (Å²) >= 11 is 0.938. The molecule has 1 heterocycles. The van der Waals surface area contributed by atoms with Crippen LogP contribution in [0.25, 0.3) is 0 Å². The maximum atomic E-state index is 11.7. The van der Waals surface area contributed by atoms with Gasteiger partial charge >= 0.3 is 6.80 Å². The molecular formula is C9H15O6PS. The Hall–Kier alpha value is -0.490. The van der Waals surface area contributed by atoms with Crippen LogP contribution in [0.4, 0.5) is 0 Å². The van der Waals surface area contributed by atoms with Crippen LogP contribution in [0.15, 0.2) is 12.0 Å². The molecule has 6 nitrogen and oxygen atoms in total. The van der Waals surface area contributed by atoms with Crippen molar-refractivity contribution in [1.29, 1.82) is 0 Å². The fraction of sp³-hybridized carbons (Fsp3) is 0.667. The summed E-state index contributed by atoms with van der Waals surface area (Å²) in [4.78, 5) is 11.6. The van der Waals surface area contributed by atoms with E-state index in [9.17, 15) is 9.36 Å². The number of ether oxygens (including phenoxy) is 2. The molecule has 1 rings (SSSR count). The lowest BCUT2D eigenvalue weighted by Crippen LogP contribution is -2.29. The summed E-state index contributed by atoms with van der Waals surface area (Å²) in [6.45, 7) is -3.16. The van der Waals surface area contributed by atoms with E-state index in [0.29, 0.717) is 5.76 Å². The van der Waals surface area contributed by atoms with Crippen LogP contribution in [0.1, 0.15) is 6.42 Å². The zero-order chi connectivity index (χ0) is 12.9. The third-order valence-corrected chi connectivity index (χ3v) is 6.12. The van der Waals surface area contributed by atoms with Gasteiger partial charge in [-0.1, -0.05) is 0 Å². The Morgan fingerprint density at radius 2 is 2.12 bits per heavy atom.